The van der Waals surface area contributed by atoms with Crippen LogP contribution in [0.2, 0.25) is 0 Å². The smallest absolute Gasteiger partial charge is 0.395 e. The normalized spacial score (nSPS) is 14.5. The van der Waals surface area contributed by atoms with Crippen molar-refractivity contribution in [1.29, 1.82) is 0 Å². The minimum absolute atomic E-state index is 0.00892. The second kappa shape index (κ2) is 6.36. The number of nitrogens with one attached hydrogen (secondary N) is 2. The van der Waals surface area contributed by atoms with Crippen LogP contribution in [0.15, 0.2) is 23.6 Å². The Bertz CT molecular complexity index is 958. The van der Waals surface area contributed by atoms with Crippen molar-refractivity contribution in [2.75, 3.05) is 17.2 Å². The molecule has 0 bridgehead atoms. The molecule has 26 heavy (non-hydrogen) atoms. The number of benzene rings is 1. The number of hydrogen-bond donors (Lipinski definition) is 2. The molecule has 1 aliphatic heterocycles. The second-order valence-corrected chi connectivity index (χ2v) is 7.28. The van der Waals surface area contributed by atoms with E-state index in [1.165, 1.54) is 28.7 Å². The van der Waals surface area contributed by atoms with Gasteiger partial charge >= 0.3 is 6.29 Å². The van der Waals surface area contributed by atoms with Gasteiger partial charge in [-0.05, 0) is 26.0 Å². The number of anilines is 3. The number of fused-ring (bicyclic) bond motifs is 1. The van der Waals surface area contributed by atoms with Gasteiger partial charge in [0.2, 0.25) is 0 Å². The van der Waals surface area contributed by atoms with Crippen molar-refractivity contribution in [2.24, 2.45) is 0 Å². The van der Waals surface area contributed by atoms with Crippen LogP contribution in [0.1, 0.15) is 12.6 Å². The Morgan fingerprint density at radius 3 is 2.85 bits per heavy atom. The molecule has 0 saturated carbocycles. The molecule has 6 nitrogen and oxygen atoms in total. The molecule has 3 aromatic rings. The number of nitrogens with zero attached hydrogens (tertiary/aromatic N) is 2. The topological polar surface area (TPSA) is 68.3 Å². The first-order valence-electron chi connectivity index (χ1n) is 7.78. The lowest BCUT2D eigenvalue weighted by Crippen LogP contribution is -2.26. The maximum absolute atomic E-state index is 13.3. The lowest BCUT2D eigenvalue weighted by Gasteiger charge is -2.07. The number of ether oxygens (including phenoxy) is 2. The average molecular weight is 396 g/mol. The summed E-state index contributed by atoms with van der Waals surface area (Å²) in [5.41, 5.74) is 2.04. The van der Waals surface area contributed by atoms with Crippen LogP contribution in [0.25, 0.3) is 10.6 Å². The van der Waals surface area contributed by atoms with E-state index in [0.29, 0.717) is 10.8 Å². The quantitative estimate of drug-likeness (QED) is 0.627. The van der Waals surface area contributed by atoms with Gasteiger partial charge in [-0.25, -0.2) is 9.97 Å². The number of rotatable bonds is 5. The van der Waals surface area contributed by atoms with E-state index in [1.54, 1.807) is 12.1 Å². The Hall–Kier alpha value is -2.46. The highest BCUT2D eigenvalue weighted by Crippen LogP contribution is 2.47. The highest BCUT2D eigenvalue weighted by molar-refractivity contribution is 7.19. The Morgan fingerprint density at radius 2 is 2.04 bits per heavy atom. The van der Waals surface area contributed by atoms with Gasteiger partial charge in [-0.2, -0.15) is 0 Å². The SMILES string of the molecule is CCNc1nc(C)c(-c2csc(Nc3cccc4c3OC(F)(F)O4)n2)s1. The van der Waals surface area contributed by atoms with Crippen LogP contribution in [-0.2, 0) is 0 Å². The van der Waals surface area contributed by atoms with Gasteiger partial charge in [0.25, 0.3) is 0 Å². The van der Waals surface area contributed by atoms with E-state index in [1.807, 2.05) is 19.2 Å². The Kier molecular flexibility index (Phi) is 4.16. The van der Waals surface area contributed by atoms with Crippen molar-refractivity contribution in [3.05, 3.63) is 29.3 Å². The van der Waals surface area contributed by atoms with Gasteiger partial charge in [0.05, 0.1) is 22.0 Å². The van der Waals surface area contributed by atoms with Crippen LogP contribution >= 0.6 is 22.7 Å². The molecular weight excluding hydrogens is 382 g/mol. The number of aryl methyl sites for hydroxylation is 1. The third kappa shape index (κ3) is 3.17. The fraction of sp³-hybridized carbons (Fsp3) is 0.250. The van der Waals surface area contributed by atoms with E-state index in [-0.39, 0.29) is 11.5 Å². The largest absolute Gasteiger partial charge is 0.586 e. The number of halogens is 2. The van der Waals surface area contributed by atoms with Gasteiger partial charge < -0.3 is 20.1 Å². The monoisotopic (exact) mass is 396 g/mol. The van der Waals surface area contributed by atoms with Gasteiger partial charge in [0.1, 0.15) is 0 Å². The molecule has 0 saturated heterocycles. The first kappa shape index (κ1) is 17.0. The zero-order valence-electron chi connectivity index (χ0n) is 13.8. The molecule has 136 valence electrons. The molecule has 0 aliphatic carbocycles. The summed E-state index contributed by atoms with van der Waals surface area (Å²) in [6, 6.07) is 4.67. The van der Waals surface area contributed by atoms with Crippen molar-refractivity contribution in [3.8, 4) is 22.1 Å². The first-order chi connectivity index (χ1) is 12.4. The molecular formula is C16H14F2N4O2S2. The number of para-hydroxylation sites is 1. The van der Waals surface area contributed by atoms with E-state index < -0.39 is 6.29 Å². The van der Waals surface area contributed by atoms with Gasteiger partial charge in [-0.1, -0.05) is 17.4 Å². The second-order valence-electron chi connectivity index (χ2n) is 5.43. The summed E-state index contributed by atoms with van der Waals surface area (Å²) >= 11 is 2.90. The Balaban J connectivity index is 1.58. The van der Waals surface area contributed by atoms with Gasteiger partial charge in [0, 0.05) is 11.9 Å². The molecule has 0 amide bonds. The van der Waals surface area contributed by atoms with Crippen LogP contribution in [-0.4, -0.2) is 22.8 Å². The Morgan fingerprint density at radius 1 is 1.19 bits per heavy atom. The number of hydrogen-bond acceptors (Lipinski definition) is 8. The van der Waals surface area contributed by atoms with E-state index in [4.69, 9.17) is 0 Å². The van der Waals surface area contributed by atoms with Crippen LogP contribution in [0, 0.1) is 6.92 Å². The number of thiazole rings is 2. The predicted molar refractivity (Wildman–Crippen MR) is 98.1 cm³/mol. The lowest BCUT2D eigenvalue weighted by molar-refractivity contribution is -0.286. The molecule has 3 heterocycles. The average Bonchev–Trinajstić information content (AvgIpc) is 3.24. The van der Waals surface area contributed by atoms with Gasteiger partial charge in [0.15, 0.2) is 21.8 Å². The fourth-order valence-electron chi connectivity index (χ4n) is 2.48. The molecule has 2 aromatic heterocycles. The Labute approximate surface area is 155 Å². The fourth-order valence-corrected chi connectivity index (χ4v) is 4.26. The maximum Gasteiger partial charge on any atom is 0.586 e. The molecule has 0 atom stereocenters. The lowest BCUT2D eigenvalue weighted by atomic mass is 10.3. The third-order valence-corrected chi connectivity index (χ3v) is 5.43. The summed E-state index contributed by atoms with van der Waals surface area (Å²) in [5.74, 6) is -0.0389. The van der Waals surface area contributed by atoms with E-state index in [0.717, 1.165) is 27.9 Å². The van der Waals surface area contributed by atoms with Crippen LogP contribution in [0.4, 0.5) is 24.7 Å². The standard InChI is InChI=1S/C16H14F2N4O2S2/c1-3-19-14-20-8(2)13(26-14)10-7-25-15(22-10)21-9-5-4-6-11-12(9)24-16(17,18)23-11/h4-7H,3H2,1-2H3,(H,19,20)(H,21,22). The molecule has 10 heteroatoms. The maximum atomic E-state index is 13.3. The molecule has 4 rings (SSSR count). The molecule has 0 spiro atoms. The van der Waals surface area contributed by atoms with Crippen molar-refractivity contribution >= 4 is 38.6 Å². The number of aromatic nitrogens is 2. The summed E-state index contributed by atoms with van der Waals surface area (Å²) in [4.78, 5) is 9.97. The van der Waals surface area contributed by atoms with Crippen LogP contribution < -0.4 is 20.1 Å². The molecule has 0 unspecified atom stereocenters. The summed E-state index contributed by atoms with van der Waals surface area (Å²) in [6.45, 7) is 4.73. The van der Waals surface area contributed by atoms with Crippen molar-refractivity contribution in [1.82, 2.24) is 9.97 Å². The molecule has 0 radical (unpaired) electrons. The summed E-state index contributed by atoms with van der Waals surface area (Å²) in [7, 11) is 0. The zero-order chi connectivity index (χ0) is 18.3. The third-order valence-electron chi connectivity index (χ3n) is 3.53. The summed E-state index contributed by atoms with van der Waals surface area (Å²) < 4.78 is 35.6. The number of alkyl halides is 2. The minimum atomic E-state index is -3.66. The molecule has 2 N–H and O–H groups in total. The van der Waals surface area contributed by atoms with Crippen LogP contribution in [0.5, 0.6) is 11.5 Å². The minimum Gasteiger partial charge on any atom is -0.395 e. The van der Waals surface area contributed by atoms with Crippen molar-refractivity contribution in [2.45, 2.75) is 20.1 Å². The van der Waals surface area contributed by atoms with E-state index >= 15 is 0 Å². The summed E-state index contributed by atoms with van der Waals surface area (Å²) in [5, 5.41) is 9.51. The van der Waals surface area contributed by atoms with E-state index in [2.05, 4.69) is 30.1 Å². The highest BCUT2D eigenvalue weighted by atomic mass is 32.1. The highest BCUT2D eigenvalue weighted by Gasteiger charge is 2.44. The van der Waals surface area contributed by atoms with E-state index in [9.17, 15) is 8.78 Å². The van der Waals surface area contributed by atoms with Gasteiger partial charge in [-0.3, -0.25) is 0 Å². The first-order valence-corrected chi connectivity index (χ1v) is 9.48. The van der Waals surface area contributed by atoms with Crippen molar-refractivity contribution in [3.63, 3.8) is 0 Å². The molecule has 1 aromatic carbocycles. The molecule has 1 aliphatic rings. The molecule has 0 fully saturated rings. The zero-order valence-corrected chi connectivity index (χ0v) is 15.4. The predicted octanol–water partition coefficient (Wildman–Crippen LogP) is 5.07. The van der Waals surface area contributed by atoms with Crippen LogP contribution in [0.3, 0.4) is 0 Å². The van der Waals surface area contributed by atoms with Gasteiger partial charge in [-0.15, -0.1) is 20.1 Å². The summed E-state index contributed by atoms with van der Waals surface area (Å²) in [6.07, 6.45) is -3.66. The van der Waals surface area contributed by atoms with Crippen molar-refractivity contribution < 1.29 is 18.3 Å².